The lowest BCUT2D eigenvalue weighted by Crippen LogP contribution is -2.00. The van der Waals surface area contributed by atoms with Gasteiger partial charge >= 0.3 is 0 Å². The van der Waals surface area contributed by atoms with Crippen molar-refractivity contribution in [3.63, 3.8) is 0 Å². The van der Waals surface area contributed by atoms with Crippen LogP contribution in [0.25, 0.3) is 0 Å². The van der Waals surface area contributed by atoms with Crippen LogP contribution in [0.4, 0.5) is 4.39 Å². The van der Waals surface area contributed by atoms with Crippen LogP contribution >= 0.6 is 15.9 Å². The Morgan fingerprint density at radius 1 is 1.43 bits per heavy atom. The third kappa shape index (κ3) is 2.21. The molecule has 0 aromatic heterocycles. The average Bonchev–Trinajstić information content (AvgIpc) is 2.08. The molecule has 1 nitrogen and oxygen atoms in total. The molecule has 0 aliphatic carbocycles. The number of hydrogen-bond donors (Lipinski definition) is 0. The maximum absolute atomic E-state index is 13.5. The van der Waals surface area contributed by atoms with Gasteiger partial charge in [0.05, 0.1) is 4.47 Å². The highest BCUT2D eigenvalue weighted by atomic mass is 79.9. The fourth-order valence-corrected chi connectivity index (χ4v) is 1.71. The van der Waals surface area contributed by atoms with E-state index in [-0.39, 0.29) is 17.5 Å². The normalized spacial score (nSPS) is 10.7. The smallest absolute Gasteiger partial charge is 0.159 e. The number of rotatable bonds is 2. The zero-order valence-corrected chi connectivity index (χ0v) is 9.98. The molecule has 0 aliphatic rings. The Morgan fingerprint density at radius 3 is 2.43 bits per heavy atom. The minimum absolute atomic E-state index is 0.0485. The predicted molar refractivity (Wildman–Crippen MR) is 58.2 cm³/mol. The predicted octanol–water partition coefficient (Wildman–Crippen LogP) is 3.91. The molecule has 1 rings (SSSR count). The molecule has 3 heteroatoms. The fraction of sp³-hybridized carbons (Fsp3) is 0.364. The standard InChI is InChI=1S/C11H12BrFO/c1-6(2)9-4-8(7(3)14)5-10(12)11(9)13/h4-6H,1-3H3. The molecule has 0 saturated heterocycles. The summed E-state index contributed by atoms with van der Waals surface area (Å²) in [6, 6.07) is 3.14. The minimum atomic E-state index is -0.273. The van der Waals surface area contributed by atoms with Gasteiger partial charge in [-0.2, -0.15) is 0 Å². The van der Waals surface area contributed by atoms with E-state index in [9.17, 15) is 9.18 Å². The van der Waals surface area contributed by atoms with Gasteiger partial charge in [0, 0.05) is 5.56 Å². The highest BCUT2D eigenvalue weighted by Crippen LogP contribution is 2.26. The average molecular weight is 259 g/mol. The summed E-state index contributed by atoms with van der Waals surface area (Å²) in [6.07, 6.45) is 0. The van der Waals surface area contributed by atoms with Crippen LogP contribution in [0.15, 0.2) is 16.6 Å². The van der Waals surface area contributed by atoms with E-state index < -0.39 is 0 Å². The first-order valence-electron chi connectivity index (χ1n) is 4.43. The molecule has 0 unspecified atom stereocenters. The zero-order valence-electron chi connectivity index (χ0n) is 8.40. The van der Waals surface area contributed by atoms with Crippen LogP contribution in [-0.4, -0.2) is 5.78 Å². The van der Waals surface area contributed by atoms with Crippen LogP contribution in [0.2, 0.25) is 0 Å². The van der Waals surface area contributed by atoms with Gasteiger partial charge < -0.3 is 0 Å². The first-order chi connectivity index (χ1) is 6.43. The van der Waals surface area contributed by atoms with Crippen molar-refractivity contribution in [3.05, 3.63) is 33.5 Å². The number of benzene rings is 1. The molecule has 0 amide bonds. The molecule has 0 bridgehead atoms. The van der Waals surface area contributed by atoms with E-state index in [4.69, 9.17) is 0 Å². The SMILES string of the molecule is CC(=O)c1cc(Br)c(F)c(C(C)C)c1. The summed E-state index contributed by atoms with van der Waals surface area (Å²) < 4.78 is 13.9. The highest BCUT2D eigenvalue weighted by Gasteiger charge is 2.13. The van der Waals surface area contributed by atoms with Crippen molar-refractivity contribution in [2.45, 2.75) is 26.7 Å². The van der Waals surface area contributed by atoms with E-state index >= 15 is 0 Å². The number of Topliss-reactive ketones (excluding diaryl/α,β-unsaturated/α-hetero) is 1. The van der Waals surface area contributed by atoms with Gasteiger partial charge in [-0.15, -0.1) is 0 Å². The van der Waals surface area contributed by atoms with Crippen molar-refractivity contribution < 1.29 is 9.18 Å². The van der Waals surface area contributed by atoms with Crippen LogP contribution in [0.1, 0.15) is 42.6 Å². The Bertz CT molecular complexity index is 372. The third-order valence-corrected chi connectivity index (χ3v) is 2.66. The van der Waals surface area contributed by atoms with Gasteiger partial charge in [-0.25, -0.2) is 4.39 Å². The van der Waals surface area contributed by atoms with Gasteiger partial charge in [-0.3, -0.25) is 4.79 Å². The Kier molecular flexibility index (Phi) is 3.43. The quantitative estimate of drug-likeness (QED) is 0.736. The van der Waals surface area contributed by atoms with Crippen molar-refractivity contribution in [2.75, 3.05) is 0 Å². The largest absolute Gasteiger partial charge is 0.295 e. The van der Waals surface area contributed by atoms with Crippen LogP contribution < -0.4 is 0 Å². The lowest BCUT2D eigenvalue weighted by atomic mass is 9.99. The molecule has 1 aromatic rings. The van der Waals surface area contributed by atoms with Crippen LogP contribution in [0.3, 0.4) is 0 Å². The topological polar surface area (TPSA) is 17.1 Å². The molecule has 0 N–H and O–H groups in total. The summed E-state index contributed by atoms with van der Waals surface area (Å²) in [5.41, 5.74) is 1.12. The number of carbonyl (C=O) groups excluding carboxylic acids is 1. The van der Waals surface area contributed by atoms with E-state index in [1.54, 1.807) is 6.07 Å². The highest BCUT2D eigenvalue weighted by molar-refractivity contribution is 9.10. The lowest BCUT2D eigenvalue weighted by Gasteiger charge is -2.10. The molecule has 0 radical (unpaired) electrons. The summed E-state index contributed by atoms with van der Waals surface area (Å²) in [7, 11) is 0. The molecule has 0 spiro atoms. The third-order valence-electron chi connectivity index (χ3n) is 2.08. The van der Waals surface area contributed by atoms with Crippen molar-refractivity contribution in [2.24, 2.45) is 0 Å². The van der Waals surface area contributed by atoms with Gasteiger partial charge in [-0.1, -0.05) is 13.8 Å². The van der Waals surface area contributed by atoms with Gasteiger partial charge in [0.25, 0.3) is 0 Å². The van der Waals surface area contributed by atoms with Crippen LogP contribution in [0.5, 0.6) is 0 Å². The maximum atomic E-state index is 13.5. The van der Waals surface area contributed by atoms with E-state index in [0.717, 1.165) is 0 Å². The number of carbonyl (C=O) groups is 1. The van der Waals surface area contributed by atoms with E-state index in [1.165, 1.54) is 13.0 Å². The van der Waals surface area contributed by atoms with Crippen molar-refractivity contribution in [3.8, 4) is 0 Å². The lowest BCUT2D eigenvalue weighted by molar-refractivity contribution is 0.101. The second-order valence-electron chi connectivity index (χ2n) is 3.57. The second-order valence-corrected chi connectivity index (χ2v) is 4.43. The van der Waals surface area contributed by atoms with E-state index in [2.05, 4.69) is 15.9 Å². The van der Waals surface area contributed by atoms with Crippen LogP contribution in [-0.2, 0) is 0 Å². The Labute approximate surface area is 91.5 Å². The molecular weight excluding hydrogens is 247 g/mol. The van der Waals surface area contributed by atoms with Gasteiger partial charge in [-0.05, 0) is 46.5 Å². The minimum Gasteiger partial charge on any atom is -0.295 e. The van der Waals surface area contributed by atoms with E-state index in [0.29, 0.717) is 15.6 Å². The monoisotopic (exact) mass is 258 g/mol. The summed E-state index contributed by atoms with van der Waals surface area (Å²) >= 11 is 3.11. The number of ketones is 1. The Hall–Kier alpha value is -0.700. The van der Waals surface area contributed by atoms with E-state index in [1.807, 2.05) is 13.8 Å². The summed E-state index contributed by atoms with van der Waals surface area (Å²) in [5, 5.41) is 0. The molecule has 0 atom stereocenters. The number of halogens is 2. The summed E-state index contributed by atoms with van der Waals surface area (Å²) in [6.45, 7) is 5.27. The molecule has 0 fully saturated rings. The van der Waals surface area contributed by atoms with Gasteiger partial charge in [0.1, 0.15) is 5.82 Å². The Morgan fingerprint density at radius 2 is 2.00 bits per heavy atom. The molecule has 1 aromatic carbocycles. The molecule has 14 heavy (non-hydrogen) atoms. The fourth-order valence-electron chi connectivity index (χ4n) is 1.23. The van der Waals surface area contributed by atoms with Gasteiger partial charge in [0.2, 0.25) is 0 Å². The Balaban J connectivity index is 3.35. The van der Waals surface area contributed by atoms with Crippen molar-refractivity contribution >= 4 is 21.7 Å². The molecule has 0 heterocycles. The first kappa shape index (κ1) is 11.4. The molecular formula is C11H12BrFO. The first-order valence-corrected chi connectivity index (χ1v) is 5.22. The van der Waals surface area contributed by atoms with Crippen molar-refractivity contribution in [1.82, 2.24) is 0 Å². The summed E-state index contributed by atoms with van der Waals surface area (Å²) in [4.78, 5) is 11.1. The zero-order chi connectivity index (χ0) is 10.9. The maximum Gasteiger partial charge on any atom is 0.159 e. The molecule has 0 aliphatic heterocycles. The summed E-state index contributed by atoms with van der Waals surface area (Å²) in [5.74, 6) is -0.247. The van der Waals surface area contributed by atoms with Gasteiger partial charge in [0.15, 0.2) is 5.78 Å². The molecule has 76 valence electrons. The number of hydrogen-bond acceptors (Lipinski definition) is 1. The van der Waals surface area contributed by atoms with Crippen LogP contribution in [0, 0.1) is 5.82 Å². The second kappa shape index (κ2) is 4.22. The van der Waals surface area contributed by atoms with Crippen molar-refractivity contribution in [1.29, 1.82) is 0 Å². The molecule has 0 saturated carbocycles.